The average Bonchev–Trinajstić information content (AvgIpc) is 2.36. The lowest BCUT2D eigenvalue weighted by atomic mass is 10.1. The van der Waals surface area contributed by atoms with Crippen molar-refractivity contribution in [2.45, 2.75) is 25.7 Å². The van der Waals surface area contributed by atoms with Crippen molar-refractivity contribution in [2.75, 3.05) is 11.9 Å². The molecule has 0 saturated carbocycles. The molecule has 98 valence electrons. The topological polar surface area (TPSA) is 48.7 Å². The van der Waals surface area contributed by atoms with Crippen molar-refractivity contribution in [3.63, 3.8) is 0 Å². The lowest BCUT2D eigenvalue weighted by Crippen LogP contribution is -2.23. The van der Waals surface area contributed by atoms with Gasteiger partial charge in [0.2, 0.25) is 0 Å². The SMILES string of the molecule is C[Si](C)(C)CCNc1nc2ccccc2cc1C#N. The van der Waals surface area contributed by atoms with Crippen molar-refractivity contribution in [3.8, 4) is 6.07 Å². The van der Waals surface area contributed by atoms with Crippen molar-refractivity contribution < 1.29 is 0 Å². The van der Waals surface area contributed by atoms with Gasteiger partial charge in [0.05, 0.1) is 11.1 Å². The number of benzene rings is 1. The van der Waals surface area contributed by atoms with E-state index in [9.17, 15) is 5.26 Å². The van der Waals surface area contributed by atoms with E-state index in [1.54, 1.807) is 0 Å². The second kappa shape index (κ2) is 5.41. The zero-order valence-electron chi connectivity index (χ0n) is 11.7. The van der Waals surface area contributed by atoms with Crippen LogP contribution in [-0.4, -0.2) is 19.6 Å². The molecular formula is C15H19N3Si. The molecule has 1 heterocycles. The molecule has 0 fully saturated rings. The van der Waals surface area contributed by atoms with E-state index in [1.165, 1.54) is 6.04 Å². The predicted octanol–water partition coefficient (Wildman–Crippen LogP) is 3.86. The summed E-state index contributed by atoms with van der Waals surface area (Å²) in [5, 5.41) is 13.5. The standard InChI is InChI=1S/C15H19N3Si/c1-19(2,3)9-8-17-15-13(11-16)10-12-6-4-5-7-14(12)18-15/h4-7,10H,8-9H2,1-3H3,(H,17,18). The van der Waals surface area contributed by atoms with Gasteiger partial charge in [-0.2, -0.15) is 5.26 Å². The summed E-state index contributed by atoms with van der Waals surface area (Å²) < 4.78 is 0. The number of nitrogens with zero attached hydrogens (tertiary/aromatic N) is 2. The summed E-state index contributed by atoms with van der Waals surface area (Å²) in [6, 6.07) is 13.2. The number of hydrogen-bond acceptors (Lipinski definition) is 3. The lowest BCUT2D eigenvalue weighted by Gasteiger charge is -2.16. The average molecular weight is 269 g/mol. The van der Waals surface area contributed by atoms with Crippen LogP contribution in [0.2, 0.25) is 25.7 Å². The highest BCUT2D eigenvalue weighted by Gasteiger charge is 2.13. The van der Waals surface area contributed by atoms with Gasteiger partial charge in [-0.05, 0) is 18.2 Å². The summed E-state index contributed by atoms with van der Waals surface area (Å²) in [4.78, 5) is 4.55. The van der Waals surface area contributed by atoms with Gasteiger partial charge in [-0.3, -0.25) is 0 Å². The van der Waals surface area contributed by atoms with Gasteiger partial charge in [0.15, 0.2) is 0 Å². The second-order valence-corrected chi connectivity index (χ2v) is 11.5. The minimum Gasteiger partial charge on any atom is -0.369 e. The maximum Gasteiger partial charge on any atom is 0.144 e. The number of para-hydroxylation sites is 1. The van der Waals surface area contributed by atoms with E-state index in [4.69, 9.17) is 0 Å². The van der Waals surface area contributed by atoms with Crippen LogP contribution in [0.5, 0.6) is 0 Å². The Balaban J connectivity index is 2.24. The molecule has 0 atom stereocenters. The van der Waals surface area contributed by atoms with Crippen LogP contribution in [0.4, 0.5) is 5.82 Å². The van der Waals surface area contributed by atoms with Gasteiger partial charge in [0.25, 0.3) is 0 Å². The van der Waals surface area contributed by atoms with Crippen LogP contribution in [0.15, 0.2) is 30.3 Å². The highest BCUT2D eigenvalue weighted by atomic mass is 28.3. The van der Waals surface area contributed by atoms with Crippen LogP contribution in [0.1, 0.15) is 5.56 Å². The molecule has 1 aromatic carbocycles. The monoisotopic (exact) mass is 269 g/mol. The normalized spacial score (nSPS) is 11.3. The minimum atomic E-state index is -1.07. The summed E-state index contributed by atoms with van der Waals surface area (Å²) in [6.45, 7) is 7.91. The van der Waals surface area contributed by atoms with Gasteiger partial charge < -0.3 is 5.32 Å². The number of fused-ring (bicyclic) bond motifs is 1. The van der Waals surface area contributed by atoms with E-state index in [2.05, 4.69) is 36.0 Å². The molecule has 0 saturated heterocycles. The molecule has 4 heteroatoms. The Morgan fingerprint density at radius 3 is 2.68 bits per heavy atom. The Morgan fingerprint density at radius 2 is 2.00 bits per heavy atom. The Hall–Kier alpha value is -1.86. The Labute approximate surface area is 115 Å². The first-order valence-corrected chi connectivity index (χ1v) is 10.2. The molecule has 1 aromatic heterocycles. The summed E-state index contributed by atoms with van der Waals surface area (Å²) in [7, 11) is -1.07. The van der Waals surface area contributed by atoms with E-state index in [0.717, 1.165) is 17.4 Å². The van der Waals surface area contributed by atoms with E-state index >= 15 is 0 Å². The number of hydrogen-bond donors (Lipinski definition) is 1. The molecule has 19 heavy (non-hydrogen) atoms. The Bertz CT molecular complexity index is 623. The van der Waals surface area contributed by atoms with Crippen LogP contribution in [-0.2, 0) is 0 Å². The molecule has 0 aliphatic rings. The summed E-state index contributed by atoms with van der Waals surface area (Å²) in [5.41, 5.74) is 1.55. The van der Waals surface area contributed by atoms with Crippen LogP contribution in [0, 0.1) is 11.3 Å². The summed E-state index contributed by atoms with van der Waals surface area (Å²) >= 11 is 0. The number of rotatable bonds is 4. The number of pyridine rings is 1. The maximum absolute atomic E-state index is 9.22. The molecule has 0 spiro atoms. The zero-order valence-corrected chi connectivity index (χ0v) is 12.7. The molecule has 1 N–H and O–H groups in total. The van der Waals surface area contributed by atoms with E-state index in [0.29, 0.717) is 11.4 Å². The number of anilines is 1. The molecule has 0 aliphatic carbocycles. The predicted molar refractivity (Wildman–Crippen MR) is 83.1 cm³/mol. The molecule has 0 bridgehead atoms. The van der Waals surface area contributed by atoms with E-state index in [1.807, 2.05) is 30.3 Å². The van der Waals surface area contributed by atoms with Crippen LogP contribution in [0.25, 0.3) is 10.9 Å². The first-order chi connectivity index (χ1) is 8.99. The summed E-state index contributed by atoms with van der Waals surface area (Å²) in [6.07, 6.45) is 0. The smallest absolute Gasteiger partial charge is 0.144 e. The van der Waals surface area contributed by atoms with Crippen molar-refractivity contribution in [2.24, 2.45) is 0 Å². The van der Waals surface area contributed by atoms with Gasteiger partial charge in [-0.1, -0.05) is 37.8 Å². The zero-order chi connectivity index (χ0) is 13.9. The molecule has 2 aromatic rings. The van der Waals surface area contributed by atoms with Gasteiger partial charge >= 0.3 is 0 Å². The van der Waals surface area contributed by atoms with E-state index < -0.39 is 8.07 Å². The highest BCUT2D eigenvalue weighted by molar-refractivity contribution is 6.76. The number of nitrogens with one attached hydrogen (secondary N) is 1. The number of aromatic nitrogens is 1. The van der Waals surface area contributed by atoms with Gasteiger partial charge in [-0.25, -0.2) is 4.98 Å². The molecule has 2 rings (SSSR count). The minimum absolute atomic E-state index is 0.620. The van der Waals surface area contributed by atoms with Gasteiger partial charge in [0, 0.05) is 20.0 Å². The molecule has 0 radical (unpaired) electrons. The maximum atomic E-state index is 9.22. The van der Waals surface area contributed by atoms with Crippen molar-refractivity contribution in [3.05, 3.63) is 35.9 Å². The second-order valence-electron chi connectivity index (χ2n) is 5.93. The van der Waals surface area contributed by atoms with Crippen molar-refractivity contribution in [1.82, 2.24) is 4.98 Å². The third-order valence-corrected chi connectivity index (χ3v) is 4.76. The van der Waals surface area contributed by atoms with E-state index in [-0.39, 0.29) is 0 Å². The Morgan fingerprint density at radius 1 is 1.26 bits per heavy atom. The van der Waals surface area contributed by atoms with Crippen LogP contribution >= 0.6 is 0 Å². The Kier molecular flexibility index (Phi) is 3.86. The molecule has 0 unspecified atom stereocenters. The summed E-state index contributed by atoms with van der Waals surface area (Å²) in [5.74, 6) is 0.708. The highest BCUT2D eigenvalue weighted by Crippen LogP contribution is 2.20. The third kappa shape index (κ3) is 3.55. The molecule has 3 nitrogen and oxygen atoms in total. The number of nitriles is 1. The van der Waals surface area contributed by atoms with Crippen molar-refractivity contribution >= 4 is 24.8 Å². The quantitative estimate of drug-likeness (QED) is 0.857. The van der Waals surface area contributed by atoms with Gasteiger partial charge in [0.1, 0.15) is 11.9 Å². The fourth-order valence-corrected chi connectivity index (χ4v) is 2.77. The van der Waals surface area contributed by atoms with Gasteiger partial charge in [-0.15, -0.1) is 0 Å². The van der Waals surface area contributed by atoms with Crippen molar-refractivity contribution in [1.29, 1.82) is 5.26 Å². The largest absolute Gasteiger partial charge is 0.369 e. The molecule has 0 amide bonds. The first kappa shape index (κ1) is 13.6. The van der Waals surface area contributed by atoms with Crippen LogP contribution in [0.3, 0.4) is 0 Å². The molecule has 0 aliphatic heterocycles. The third-order valence-electron chi connectivity index (χ3n) is 3.01. The van der Waals surface area contributed by atoms with Crippen LogP contribution < -0.4 is 5.32 Å². The first-order valence-electron chi connectivity index (χ1n) is 6.53. The fourth-order valence-electron chi connectivity index (χ4n) is 1.89. The fraction of sp³-hybridized carbons (Fsp3) is 0.333. The lowest BCUT2D eigenvalue weighted by molar-refractivity contribution is 1.13. The molecular weight excluding hydrogens is 250 g/mol.